The molecule has 34 heavy (non-hydrogen) atoms. The van der Waals surface area contributed by atoms with Crippen molar-refractivity contribution < 1.29 is 14.4 Å². The molecule has 172 valence electrons. The van der Waals surface area contributed by atoms with E-state index in [2.05, 4.69) is 20.9 Å². The third-order valence-electron chi connectivity index (χ3n) is 6.03. The van der Waals surface area contributed by atoms with Gasteiger partial charge in [0.2, 0.25) is 5.91 Å². The number of amides is 4. The van der Waals surface area contributed by atoms with Crippen molar-refractivity contribution in [2.24, 2.45) is 0 Å². The van der Waals surface area contributed by atoms with E-state index in [4.69, 9.17) is 0 Å². The number of aromatic nitrogens is 3. The number of rotatable bonds is 6. The summed E-state index contributed by atoms with van der Waals surface area (Å²) in [5, 5.41) is 13.6. The van der Waals surface area contributed by atoms with Crippen molar-refractivity contribution in [3.63, 3.8) is 0 Å². The largest absolute Gasteiger partial charge is 0.344 e. The molecule has 10 heteroatoms. The molecule has 0 radical (unpaired) electrons. The molecule has 1 aliphatic rings. The summed E-state index contributed by atoms with van der Waals surface area (Å²) in [4.78, 5) is 38.5. The van der Waals surface area contributed by atoms with E-state index in [-0.39, 0.29) is 5.75 Å². The van der Waals surface area contributed by atoms with Gasteiger partial charge in [-0.15, -0.1) is 10.2 Å². The number of hydrogen-bond acceptors (Lipinski definition) is 6. The van der Waals surface area contributed by atoms with Gasteiger partial charge in [-0.05, 0) is 36.6 Å². The lowest BCUT2D eigenvalue weighted by Gasteiger charge is -2.25. The van der Waals surface area contributed by atoms with Crippen LogP contribution in [0.2, 0.25) is 0 Å². The van der Waals surface area contributed by atoms with Gasteiger partial charge in [-0.2, -0.15) is 5.01 Å². The average Bonchev–Trinajstić information content (AvgIpc) is 3.37. The molecule has 0 bridgehead atoms. The van der Waals surface area contributed by atoms with E-state index in [0.29, 0.717) is 22.8 Å². The van der Waals surface area contributed by atoms with E-state index in [1.54, 1.807) is 24.3 Å². The second-order valence-electron chi connectivity index (χ2n) is 8.04. The summed E-state index contributed by atoms with van der Waals surface area (Å²) >= 11 is 1.18. The Morgan fingerprint density at radius 2 is 1.82 bits per heavy atom. The number of aryl methyl sites for hydroxylation is 1. The maximum Gasteiger partial charge on any atom is 0.344 e. The van der Waals surface area contributed by atoms with Crippen LogP contribution in [0.4, 0.5) is 4.79 Å². The zero-order valence-corrected chi connectivity index (χ0v) is 19.4. The molecule has 4 amide bonds. The molecule has 2 N–H and O–H groups in total. The lowest BCUT2D eigenvalue weighted by Crippen LogP contribution is -2.49. The first kappa shape index (κ1) is 21.9. The summed E-state index contributed by atoms with van der Waals surface area (Å²) in [5.41, 5.74) is 4.61. The molecule has 1 atom stereocenters. The topological polar surface area (TPSA) is 109 Å². The second kappa shape index (κ2) is 8.45. The van der Waals surface area contributed by atoms with Crippen molar-refractivity contribution in [2.75, 3.05) is 5.75 Å². The molecule has 9 nitrogen and oxygen atoms in total. The highest BCUT2D eigenvalue weighted by Crippen LogP contribution is 2.31. The predicted molar refractivity (Wildman–Crippen MR) is 128 cm³/mol. The molecule has 1 fully saturated rings. The van der Waals surface area contributed by atoms with Crippen molar-refractivity contribution in [3.05, 3.63) is 71.8 Å². The lowest BCUT2D eigenvalue weighted by molar-refractivity contribution is -0.138. The van der Waals surface area contributed by atoms with Crippen LogP contribution in [-0.4, -0.2) is 43.2 Å². The van der Waals surface area contributed by atoms with Crippen molar-refractivity contribution in [1.29, 1.82) is 0 Å². The zero-order valence-electron chi connectivity index (χ0n) is 18.6. The zero-order chi connectivity index (χ0) is 23.9. The average molecular weight is 475 g/mol. The minimum Gasteiger partial charge on any atom is -0.318 e. The molecular weight excluding hydrogens is 452 g/mol. The van der Waals surface area contributed by atoms with E-state index >= 15 is 0 Å². The van der Waals surface area contributed by atoms with Crippen molar-refractivity contribution in [1.82, 2.24) is 30.3 Å². The minimum absolute atomic E-state index is 0.0511. The van der Waals surface area contributed by atoms with Gasteiger partial charge in [0.25, 0.3) is 5.91 Å². The van der Waals surface area contributed by atoms with Crippen LogP contribution in [0.15, 0.2) is 65.8 Å². The predicted octanol–water partition coefficient (Wildman–Crippen LogP) is 3.17. The van der Waals surface area contributed by atoms with Crippen molar-refractivity contribution in [3.8, 4) is 0 Å². The fourth-order valence-corrected chi connectivity index (χ4v) is 5.04. The van der Waals surface area contributed by atoms with E-state index in [9.17, 15) is 14.4 Å². The SMILES string of the molecule is CCC1(c2ccccc2)NC(=O)N(NC(=O)CSc2nnc3cc(C)c4ccccc4n23)C1=O. The monoisotopic (exact) mass is 474 g/mol. The number of carbonyl (C=O) groups is 3. The van der Waals surface area contributed by atoms with Crippen molar-refractivity contribution in [2.45, 2.75) is 31.0 Å². The van der Waals surface area contributed by atoms with Gasteiger partial charge in [0, 0.05) is 5.39 Å². The van der Waals surface area contributed by atoms with Crippen LogP contribution < -0.4 is 10.7 Å². The number of hydrazine groups is 1. The summed E-state index contributed by atoms with van der Waals surface area (Å²) in [7, 11) is 0. The van der Waals surface area contributed by atoms with Crippen LogP contribution >= 0.6 is 11.8 Å². The van der Waals surface area contributed by atoms with Crippen LogP contribution in [0.25, 0.3) is 16.6 Å². The summed E-state index contributed by atoms with van der Waals surface area (Å²) in [6, 6.07) is 18.2. The van der Waals surface area contributed by atoms with Gasteiger partial charge in [-0.3, -0.25) is 19.4 Å². The third kappa shape index (κ3) is 3.47. The van der Waals surface area contributed by atoms with Crippen LogP contribution in [0.1, 0.15) is 24.5 Å². The van der Waals surface area contributed by atoms with Crippen LogP contribution in [0.5, 0.6) is 0 Å². The van der Waals surface area contributed by atoms with E-state index in [1.165, 1.54) is 11.8 Å². The molecular formula is C24H22N6O3S. The first-order chi connectivity index (χ1) is 16.4. The Kier molecular flexibility index (Phi) is 5.45. The van der Waals surface area contributed by atoms with Crippen molar-refractivity contribution >= 4 is 46.2 Å². The molecule has 5 rings (SSSR count). The van der Waals surface area contributed by atoms with Crippen LogP contribution in [0, 0.1) is 6.92 Å². The Morgan fingerprint density at radius 3 is 2.59 bits per heavy atom. The van der Waals surface area contributed by atoms with E-state index < -0.39 is 23.4 Å². The molecule has 4 aromatic rings. The molecule has 0 aliphatic carbocycles. The molecule has 3 heterocycles. The number of benzene rings is 2. The first-order valence-corrected chi connectivity index (χ1v) is 11.8. The number of urea groups is 1. The number of nitrogens with zero attached hydrogens (tertiary/aromatic N) is 4. The number of fused-ring (bicyclic) bond motifs is 3. The smallest absolute Gasteiger partial charge is 0.318 e. The van der Waals surface area contributed by atoms with Gasteiger partial charge in [0.05, 0.1) is 11.3 Å². The summed E-state index contributed by atoms with van der Waals surface area (Å²) in [6.45, 7) is 3.83. The number of para-hydroxylation sites is 1. The molecule has 1 aliphatic heterocycles. The minimum atomic E-state index is -1.21. The Hall–Kier alpha value is -3.92. The molecule has 1 saturated heterocycles. The Labute approximate surface area is 199 Å². The highest BCUT2D eigenvalue weighted by atomic mass is 32.2. The fraction of sp³-hybridized carbons (Fsp3) is 0.208. The normalized spacial score (nSPS) is 18.0. The van der Waals surface area contributed by atoms with Gasteiger partial charge < -0.3 is 5.32 Å². The van der Waals surface area contributed by atoms with Gasteiger partial charge in [0.1, 0.15) is 5.54 Å². The van der Waals surface area contributed by atoms with Gasteiger partial charge >= 0.3 is 6.03 Å². The summed E-state index contributed by atoms with van der Waals surface area (Å²) in [5.74, 6) is -1.06. The number of pyridine rings is 1. The molecule has 0 saturated carbocycles. The van der Waals surface area contributed by atoms with Gasteiger partial charge in [-0.1, -0.05) is 67.2 Å². The molecule has 0 spiro atoms. The molecule has 1 unspecified atom stereocenters. The Morgan fingerprint density at radius 1 is 1.09 bits per heavy atom. The standard InChI is InChI=1S/C24H22N6O3S/c1-3-24(16-9-5-4-6-10-16)21(32)30(22(33)25-24)28-20(31)14-34-23-27-26-19-13-15(2)17-11-7-8-12-18(17)29(19)23/h4-13H,3,14H2,1-2H3,(H,25,33)(H,28,31). The number of hydrogen-bond donors (Lipinski definition) is 2. The Bertz CT molecular complexity index is 1440. The summed E-state index contributed by atoms with van der Waals surface area (Å²) < 4.78 is 1.89. The number of imide groups is 1. The highest BCUT2D eigenvalue weighted by molar-refractivity contribution is 7.99. The van der Waals surface area contributed by atoms with Gasteiger partial charge in [0.15, 0.2) is 10.8 Å². The fourth-order valence-electron chi connectivity index (χ4n) is 4.29. The van der Waals surface area contributed by atoms with E-state index in [1.807, 2.05) is 54.6 Å². The molecule has 2 aromatic carbocycles. The quantitative estimate of drug-likeness (QED) is 0.328. The lowest BCUT2D eigenvalue weighted by atomic mass is 9.87. The number of carbonyl (C=O) groups excluding carboxylic acids is 3. The highest BCUT2D eigenvalue weighted by Gasteiger charge is 2.52. The maximum atomic E-state index is 13.2. The molecule has 2 aromatic heterocycles. The number of nitrogens with one attached hydrogen (secondary N) is 2. The summed E-state index contributed by atoms with van der Waals surface area (Å²) in [6.07, 6.45) is 0.348. The first-order valence-electron chi connectivity index (χ1n) is 10.8. The third-order valence-corrected chi connectivity index (χ3v) is 6.96. The van der Waals surface area contributed by atoms with E-state index in [0.717, 1.165) is 21.5 Å². The number of thioether (sulfide) groups is 1. The van der Waals surface area contributed by atoms with Crippen LogP contribution in [-0.2, 0) is 15.1 Å². The van der Waals surface area contributed by atoms with Crippen LogP contribution in [0.3, 0.4) is 0 Å². The Balaban J connectivity index is 1.34. The second-order valence-corrected chi connectivity index (χ2v) is 8.98. The maximum absolute atomic E-state index is 13.2. The van der Waals surface area contributed by atoms with Gasteiger partial charge in [-0.25, -0.2) is 4.79 Å².